The van der Waals surface area contributed by atoms with Gasteiger partial charge < -0.3 is 10.1 Å². The zero-order valence-corrected chi connectivity index (χ0v) is 20.7. The number of nitrogens with zero attached hydrogens (tertiary/aromatic N) is 2. The molecule has 2 aliphatic rings. The second-order valence-corrected chi connectivity index (χ2v) is 10.7. The van der Waals surface area contributed by atoms with Gasteiger partial charge in [0.05, 0.1) is 22.9 Å². The Morgan fingerprint density at radius 1 is 1.23 bits per heavy atom. The van der Waals surface area contributed by atoms with Gasteiger partial charge in [0.15, 0.2) is 0 Å². The third kappa shape index (κ3) is 4.62. The van der Waals surface area contributed by atoms with E-state index in [0.717, 1.165) is 46.3 Å². The molecule has 5 nitrogen and oxygen atoms in total. The highest BCUT2D eigenvalue weighted by Gasteiger charge is 2.54. The van der Waals surface area contributed by atoms with Crippen LogP contribution in [-0.4, -0.2) is 27.4 Å². The Bertz CT molecular complexity index is 1310. The highest BCUT2D eigenvalue weighted by Crippen LogP contribution is 2.49. The lowest BCUT2D eigenvalue weighted by atomic mass is 9.93. The van der Waals surface area contributed by atoms with Crippen molar-refractivity contribution in [2.45, 2.75) is 64.8 Å². The number of carbonyl (C=O) groups excluding carboxylic acids is 1. The lowest BCUT2D eigenvalue weighted by Gasteiger charge is -2.32. The van der Waals surface area contributed by atoms with E-state index in [-0.39, 0.29) is 12.0 Å². The van der Waals surface area contributed by atoms with E-state index in [1.165, 1.54) is 0 Å². The fraction of sp³-hybridized carbons (Fsp3) is 0.379. The van der Waals surface area contributed by atoms with E-state index >= 15 is 0 Å². The number of alkyl halides is 1. The van der Waals surface area contributed by atoms with Gasteiger partial charge in [-0.25, -0.2) is 9.07 Å². The summed E-state index contributed by atoms with van der Waals surface area (Å²) >= 11 is 0. The summed E-state index contributed by atoms with van der Waals surface area (Å²) < 4.78 is 22.1. The van der Waals surface area contributed by atoms with Gasteiger partial charge in [-0.05, 0) is 55.2 Å². The average Bonchev–Trinajstić information content (AvgIpc) is 3.49. The normalized spacial score (nSPS) is 19.8. The standard InChI is InChI=1S/C29H32FN3O2/c1-19-16-24-21(18-31-33(24)23-12-10-22(30)11-13-23)17-25(19)35-26(20-8-6-5-7-9-20)29(14-15-29)32-27(34)28(2,3)4/h5-10,12-13,16-18,22,26H,11,14-15H2,1-4H3,(H,32,34)/t22-,26?/m0/s1. The smallest absolute Gasteiger partial charge is 0.225 e. The Labute approximate surface area is 205 Å². The van der Waals surface area contributed by atoms with E-state index in [2.05, 4.69) is 28.6 Å². The fourth-order valence-corrected chi connectivity index (χ4v) is 4.49. The predicted molar refractivity (Wildman–Crippen MR) is 137 cm³/mol. The predicted octanol–water partition coefficient (Wildman–Crippen LogP) is 6.30. The highest BCUT2D eigenvalue weighted by molar-refractivity contribution is 5.85. The molecule has 5 rings (SSSR count). The van der Waals surface area contributed by atoms with Crippen LogP contribution in [0, 0.1) is 12.3 Å². The van der Waals surface area contributed by atoms with Crippen LogP contribution < -0.4 is 10.1 Å². The Kier molecular flexibility index (Phi) is 5.78. The average molecular weight is 474 g/mol. The molecule has 0 radical (unpaired) electrons. The van der Waals surface area contributed by atoms with Crippen molar-refractivity contribution in [3.8, 4) is 5.75 Å². The Balaban J connectivity index is 1.49. The lowest BCUT2D eigenvalue weighted by Crippen LogP contribution is -2.47. The minimum Gasteiger partial charge on any atom is -0.483 e. The molecular weight excluding hydrogens is 441 g/mol. The molecule has 35 heavy (non-hydrogen) atoms. The van der Waals surface area contributed by atoms with Crippen molar-refractivity contribution in [2.75, 3.05) is 0 Å². The highest BCUT2D eigenvalue weighted by atomic mass is 19.1. The van der Waals surface area contributed by atoms with E-state index in [0.29, 0.717) is 6.42 Å². The summed E-state index contributed by atoms with van der Waals surface area (Å²) in [5, 5.41) is 8.80. The SMILES string of the molecule is Cc1cc2c(cnn2C2=CC[C@@H](F)C=C2)cc1OC(c1ccccc1)C1(NC(=O)C(C)(C)C)CC1. The van der Waals surface area contributed by atoms with Gasteiger partial charge in [0.1, 0.15) is 18.0 Å². The molecule has 182 valence electrons. The van der Waals surface area contributed by atoms with Crippen LogP contribution in [-0.2, 0) is 4.79 Å². The zero-order chi connectivity index (χ0) is 24.8. The number of rotatable bonds is 6. The van der Waals surface area contributed by atoms with Crippen LogP contribution in [0.2, 0.25) is 0 Å². The quantitative estimate of drug-likeness (QED) is 0.457. The van der Waals surface area contributed by atoms with Crippen LogP contribution in [0.15, 0.2) is 66.9 Å². The van der Waals surface area contributed by atoms with Crippen molar-refractivity contribution in [1.82, 2.24) is 15.1 Å². The number of fused-ring (bicyclic) bond motifs is 1. The summed E-state index contributed by atoms with van der Waals surface area (Å²) in [6, 6.07) is 14.2. The molecule has 1 N–H and O–H groups in total. The Morgan fingerprint density at radius 3 is 2.60 bits per heavy atom. The summed E-state index contributed by atoms with van der Waals surface area (Å²) in [5.74, 6) is 0.788. The summed E-state index contributed by atoms with van der Waals surface area (Å²) in [4.78, 5) is 12.9. The number of ether oxygens (including phenoxy) is 1. The third-order valence-electron chi connectivity index (χ3n) is 6.82. The Morgan fingerprint density at radius 2 is 1.97 bits per heavy atom. The molecule has 1 aromatic heterocycles. The molecule has 3 aromatic rings. The maximum atomic E-state index is 13.5. The maximum absolute atomic E-state index is 13.5. The number of aromatic nitrogens is 2. The van der Waals surface area contributed by atoms with Crippen molar-refractivity contribution < 1.29 is 13.9 Å². The summed E-state index contributed by atoms with van der Waals surface area (Å²) in [7, 11) is 0. The van der Waals surface area contributed by atoms with E-state index < -0.39 is 17.1 Å². The first kappa shape index (κ1) is 23.3. The van der Waals surface area contributed by atoms with Gasteiger partial charge in [-0.1, -0.05) is 57.2 Å². The lowest BCUT2D eigenvalue weighted by molar-refractivity contribution is -0.130. The maximum Gasteiger partial charge on any atom is 0.225 e. The van der Waals surface area contributed by atoms with Crippen molar-refractivity contribution in [3.05, 3.63) is 78.0 Å². The number of amides is 1. The van der Waals surface area contributed by atoms with E-state index in [1.54, 1.807) is 12.2 Å². The number of halogens is 1. The number of hydrogen-bond donors (Lipinski definition) is 1. The third-order valence-corrected chi connectivity index (χ3v) is 6.82. The molecular formula is C29H32FN3O2. The molecule has 2 aromatic carbocycles. The molecule has 0 bridgehead atoms. The van der Waals surface area contributed by atoms with Crippen LogP contribution in [0.1, 0.15) is 57.3 Å². The topological polar surface area (TPSA) is 56.1 Å². The van der Waals surface area contributed by atoms with Crippen LogP contribution in [0.25, 0.3) is 16.6 Å². The number of nitrogens with one attached hydrogen (secondary N) is 1. The molecule has 2 aliphatic carbocycles. The fourth-order valence-electron chi connectivity index (χ4n) is 4.49. The van der Waals surface area contributed by atoms with Crippen LogP contribution in [0.5, 0.6) is 5.75 Å². The number of benzene rings is 2. The second-order valence-electron chi connectivity index (χ2n) is 10.7. The molecule has 1 amide bonds. The van der Waals surface area contributed by atoms with Gasteiger partial charge >= 0.3 is 0 Å². The van der Waals surface area contributed by atoms with Gasteiger partial charge in [-0.2, -0.15) is 5.10 Å². The number of carbonyl (C=O) groups is 1. The van der Waals surface area contributed by atoms with Gasteiger partial charge in [0.25, 0.3) is 0 Å². The second kappa shape index (κ2) is 8.67. The van der Waals surface area contributed by atoms with E-state index in [9.17, 15) is 9.18 Å². The van der Waals surface area contributed by atoms with Gasteiger partial charge in [-0.3, -0.25) is 4.79 Å². The molecule has 1 unspecified atom stereocenters. The summed E-state index contributed by atoms with van der Waals surface area (Å²) in [5.41, 5.74) is 2.91. The molecule has 0 spiro atoms. The first-order chi connectivity index (χ1) is 16.7. The number of aryl methyl sites for hydroxylation is 1. The summed E-state index contributed by atoms with van der Waals surface area (Å²) in [6.45, 7) is 7.80. The minimum atomic E-state index is -0.939. The van der Waals surface area contributed by atoms with Crippen molar-refractivity contribution in [1.29, 1.82) is 0 Å². The number of hydrogen-bond acceptors (Lipinski definition) is 3. The molecule has 6 heteroatoms. The molecule has 1 fully saturated rings. The molecule has 0 aliphatic heterocycles. The first-order valence-corrected chi connectivity index (χ1v) is 12.2. The minimum absolute atomic E-state index is 0.0253. The van der Waals surface area contributed by atoms with Crippen LogP contribution >= 0.6 is 0 Å². The van der Waals surface area contributed by atoms with Crippen LogP contribution in [0.3, 0.4) is 0 Å². The van der Waals surface area contributed by atoms with Gasteiger partial charge in [-0.15, -0.1) is 0 Å². The van der Waals surface area contributed by atoms with Crippen molar-refractivity contribution >= 4 is 22.5 Å². The van der Waals surface area contributed by atoms with Gasteiger partial charge in [0.2, 0.25) is 5.91 Å². The monoisotopic (exact) mass is 473 g/mol. The van der Waals surface area contributed by atoms with Crippen molar-refractivity contribution in [2.24, 2.45) is 5.41 Å². The summed E-state index contributed by atoms with van der Waals surface area (Å²) in [6.07, 6.45) is 7.86. The first-order valence-electron chi connectivity index (χ1n) is 12.2. The van der Waals surface area contributed by atoms with Gasteiger partial charge in [0, 0.05) is 17.2 Å². The Hall–Kier alpha value is -3.41. The largest absolute Gasteiger partial charge is 0.483 e. The zero-order valence-electron chi connectivity index (χ0n) is 20.7. The van der Waals surface area contributed by atoms with E-state index in [4.69, 9.17) is 4.74 Å². The number of allylic oxidation sites excluding steroid dienone is 4. The van der Waals surface area contributed by atoms with Crippen molar-refractivity contribution in [3.63, 3.8) is 0 Å². The molecule has 2 atom stereocenters. The molecule has 1 heterocycles. The van der Waals surface area contributed by atoms with Crippen LogP contribution in [0.4, 0.5) is 4.39 Å². The van der Waals surface area contributed by atoms with E-state index in [1.807, 2.05) is 68.9 Å². The molecule has 1 saturated carbocycles. The molecule has 0 saturated heterocycles.